The monoisotopic (exact) mass is 376 g/mol. The van der Waals surface area contributed by atoms with Crippen LogP contribution in [-0.4, -0.2) is 60.5 Å². The number of carbonyl (C=O) groups excluding carboxylic acids is 4. The molecular weight excluding hydrogens is 348 g/mol. The van der Waals surface area contributed by atoms with Gasteiger partial charge in [0.15, 0.2) is 0 Å². The molecule has 0 spiro atoms. The van der Waals surface area contributed by atoms with Crippen LogP contribution in [0.25, 0.3) is 0 Å². The third-order valence-corrected chi connectivity index (χ3v) is 3.05. The summed E-state index contributed by atoms with van der Waals surface area (Å²) >= 11 is 0. The lowest BCUT2D eigenvalue weighted by Crippen LogP contribution is -2.26. The molecule has 0 fully saturated rings. The highest BCUT2D eigenvalue weighted by Gasteiger charge is 2.21. The van der Waals surface area contributed by atoms with Crippen LogP contribution in [0.4, 0.5) is 0 Å². The molecule has 0 rings (SSSR count). The van der Waals surface area contributed by atoms with E-state index in [-0.39, 0.29) is 25.7 Å². The van der Waals surface area contributed by atoms with Gasteiger partial charge < -0.3 is 24.1 Å². The summed E-state index contributed by atoms with van der Waals surface area (Å²) in [5.41, 5.74) is 0. The Balaban J connectivity index is 4.15. The molecule has 0 radical (unpaired) electrons. The zero-order valence-electron chi connectivity index (χ0n) is 15.9. The Hall–Kier alpha value is -2.16. The van der Waals surface area contributed by atoms with Crippen molar-refractivity contribution in [2.45, 2.75) is 77.8 Å². The highest BCUT2D eigenvalue weighted by Crippen LogP contribution is 2.08. The number of aliphatic hydroxyl groups is 1. The first-order chi connectivity index (χ1) is 12.0. The Morgan fingerprint density at radius 1 is 0.654 bits per heavy atom. The molecule has 0 aliphatic heterocycles. The molecule has 26 heavy (non-hydrogen) atoms. The number of methoxy groups -OCH3 is 1. The normalized spacial score (nSPS) is 15.2. The maximum absolute atomic E-state index is 11.8. The molecule has 0 bridgehead atoms. The number of hydrogen-bond acceptors (Lipinski definition) is 9. The summed E-state index contributed by atoms with van der Waals surface area (Å²) in [6.45, 7) is 6.05. The summed E-state index contributed by atoms with van der Waals surface area (Å²) in [6.07, 6.45) is -3.50. The van der Waals surface area contributed by atoms with Crippen LogP contribution in [0.5, 0.6) is 0 Å². The highest BCUT2D eigenvalue weighted by molar-refractivity contribution is 5.74. The minimum Gasteiger partial charge on any atom is -0.469 e. The van der Waals surface area contributed by atoms with E-state index in [1.807, 2.05) is 0 Å². The van der Waals surface area contributed by atoms with E-state index in [0.29, 0.717) is 0 Å². The molecule has 9 heteroatoms. The van der Waals surface area contributed by atoms with Crippen molar-refractivity contribution >= 4 is 23.9 Å². The molecule has 0 saturated carbocycles. The van der Waals surface area contributed by atoms with Crippen LogP contribution in [0.15, 0.2) is 0 Å². The molecule has 0 amide bonds. The zero-order chi connectivity index (χ0) is 20.3. The number of rotatable bonds is 11. The standard InChI is InChI=1S/C17H28O9/c1-10(18)6-15(20)24-12(3)8-17(22)26-13(4)9-16(21)25-11(2)7-14(19)23-5/h10-13,18H,6-9H2,1-5H3/t10-,11-,12-,13-/m1/s1. The van der Waals surface area contributed by atoms with E-state index >= 15 is 0 Å². The third-order valence-electron chi connectivity index (χ3n) is 3.05. The summed E-state index contributed by atoms with van der Waals surface area (Å²) in [4.78, 5) is 46.0. The van der Waals surface area contributed by atoms with Crippen molar-refractivity contribution in [2.24, 2.45) is 0 Å². The van der Waals surface area contributed by atoms with Crippen molar-refractivity contribution in [3.8, 4) is 0 Å². The first kappa shape index (κ1) is 23.8. The Morgan fingerprint density at radius 2 is 0.962 bits per heavy atom. The molecule has 0 aliphatic carbocycles. The van der Waals surface area contributed by atoms with Crippen LogP contribution in [0, 0.1) is 0 Å². The first-order valence-electron chi connectivity index (χ1n) is 8.36. The van der Waals surface area contributed by atoms with E-state index in [1.54, 1.807) is 6.92 Å². The van der Waals surface area contributed by atoms with Gasteiger partial charge in [0.25, 0.3) is 0 Å². The maximum Gasteiger partial charge on any atom is 0.309 e. The fourth-order valence-electron chi connectivity index (χ4n) is 1.97. The second-order valence-corrected chi connectivity index (χ2v) is 6.14. The first-order valence-corrected chi connectivity index (χ1v) is 8.36. The van der Waals surface area contributed by atoms with Crippen LogP contribution in [-0.2, 0) is 38.1 Å². The predicted molar refractivity (Wildman–Crippen MR) is 88.8 cm³/mol. The second-order valence-electron chi connectivity index (χ2n) is 6.14. The lowest BCUT2D eigenvalue weighted by atomic mass is 10.2. The molecule has 0 aliphatic rings. The summed E-state index contributed by atoms with van der Waals surface area (Å²) < 4.78 is 19.5. The van der Waals surface area contributed by atoms with Crippen molar-refractivity contribution in [2.75, 3.05) is 7.11 Å². The van der Waals surface area contributed by atoms with E-state index < -0.39 is 48.3 Å². The molecule has 1 N–H and O–H groups in total. The van der Waals surface area contributed by atoms with Gasteiger partial charge in [-0.25, -0.2) is 0 Å². The van der Waals surface area contributed by atoms with Gasteiger partial charge in [-0.05, 0) is 27.7 Å². The Bertz CT molecular complexity index is 487. The minimum atomic E-state index is -0.825. The van der Waals surface area contributed by atoms with Crippen molar-refractivity contribution < 1.29 is 43.2 Å². The second kappa shape index (κ2) is 12.2. The molecule has 0 unspecified atom stereocenters. The third kappa shape index (κ3) is 12.2. The Labute approximate surface area is 152 Å². The smallest absolute Gasteiger partial charge is 0.309 e. The van der Waals surface area contributed by atoms with Gasteiger partial charge in [-0.15, -0.1) is 0 Å². The molecule has 4 atom stereocenters. The largest absolute Gasteiger partial charge is 0.469 e. The predicted octanol–water partition coefficient (Wildman–Crippen LogP) is 0.896. The van der Waals surface area contributed by atoms with Gasteiger partial charge in [0, 0.05) is 0 Å². The van der Waals surface area contributed by atoms with E-state index in [0.717, 1.165) is 0 Å². The molecule has 0 saturated heterocycles. The molecule has 0 aromatic rings. The summed E-state index contributed by atoms with van der Waals surface area (Å²) in [5, 5.41) is 9.08. The summed E-state index contributed by atoms with van der Waals surface area (Å²) in [7, 11) is 1.24. The average molecular weight is 376 g/mol. The van der Waals surface area contributed by atoms with E-state index in [2.05, 4.69) is 4.74 Å². The van der Waals surface area contributed by atoms with Crippen LogP contribution in [0.3, 0.4) is 0 Å². The van der Waals surface area contributed by atoms with Gasteiger partial charge >= 0.3 is 23.9 Å². The van der Waals surface area contributed by atoms with Crippen LogP contribution in [0.1, 0.15) is 53.4 Å². The fraction of sp³-hybridized carbons (Fsp3) is 0.765. The Kier molecular flexibility index (Phi) is 11.2. The van der Waals surface area contributed by atoms with Crippen molar-refractivity contribution in [1.29, 1.82) is 0 Å². The van der Waals surface area contributed by atoms with Gasteiger partial charge in [0.2, 0.25) is 0 Å². The van der Waals surface area contributed by atoms with Crippen molar-refractivity contribution in [1.82, 2.24) is 0 Å². The van der Waals surface area contributed by atoms with Crippen LogP contribution < -0.4 is 0 Å². The molecule has 9 nitrogen and oxygen atoms in total. The van der Waals surface area contributed by atoms with Crippen molar-refractivity contribution in [3.05, 3.63) is 0 Å². The number of aliphatic hydroxyl groups excluding tert-OH is 1. The number of hydrogen-bond donors (Lipinski definition) is 1. The number of carbonyl (C=O) groups is 4. The maximum atomic E-state index is 11.8. The number of esters is 4. The number of ether oxygens (including phenoxy) is 4. The molecule has 0 aromatic carbocycles. The Morgan fingerprint density at radius 3 is 1.27 bits per heavy atom. The van der Waals surface area contributed by atoms with E-state index in [1.165, 1.54) is 27.9 Å². The van der Waals surface area contributed by atoms with Gasteiger partial charge in [-0.3, -0.25) is 19.2 Å². The lowest BCUT2D eigenvalue weighted by Gasteiger charge is -2.17. The van der Waals surface area contributed by atoms with Gasteiger partial charge in [-0.1, -0.05) is 0 Å². The van der Waals surface area contributed by atoms with Gasteiger partial charge in [0.05, 0.1) is 38.9 Å². The van der Waals surface area contributed by atoms with E-state index in [4.69, 9.17) is 19.3 Å². The average Bonchev–Trinajstić information content (AvgIpc) is 2.44. The van der Waals surface area contributed by atoms with Crippen LogP contribution in [0.2, 0.25) is 0 Å². The van der Waals surface area contributed by atoms with E-state index in [9.17, 15) is 19.2 Å². The van der Waals surface area contributed by atoms with Crippen molar-refractivity contribution in [3.63, 3.8) is 0 Å². The molecular formula is C17H28O9. The minimum absolute atomic E-state index is 0.0637. The molecule has 0 aromatic heterocycles. The molecule has 0 heterocycles. The fourth-order valence-corrected chi connectivity index (χ4v) is 1.97. The van der Waals surface area contributed by atoms with Crippen LogP contribution >= 0.6 is 0 Å². The van der Waals surface area contributed by atoms with Gasteiger partial charge in [0.1, 0.15) is 18.3 Å². The quantitative estimate of drug-likeness (QED) is 0.413. The summed E-state index contributed by atoms with van der Waals surface area (Å²) in [5.74, 6) is -2.36. The molecule has 150 valence electrons. The topological polar surface area (TPSA) is 125 Å². The summed E-state index contributed by atoms with van der Waals surface area (Å²) in [6, 6.07) is 0. The highest BCUT2D eigenvalue weighted by atomic mass is 16.6. The SMILES string of the molecule is COC(=O)C[C@@H](C)OC(=O)C[C@@H](C)OC(=O)C[C@@H](C)OC(=O)C[C@@H](C)O. The van der Waals surface area contributed by atoms with Gasteiger partial charge in [-0.2, -0.15) is 0 Å². The zero-order valence-corrected chi connectivity index (χ0v) is 15.9. The lowest BCUT2D eigenvalue weighted by molar-refractivity contribution is -0.160.